The molecule has 1 aromatic carbocycles. The molecule has 1 amide bonds. The van der Waals surface area contributed by atoms with E-state index in [9.17, 15) is 18.0 Å². The number of benzene rings is 1. The number of hydrogen-bond acceptors (Lipinski definition) is 4. The van der Waals surface area contributed by atoms with Crippen molar-refractivity contribution in [3.05, 3.63) is 47.5 Å². The van der Waals surface area contributed by atoms with E-state index in [-0.39, 0.29) is 18.2 Å². The van der Waals surface area contributed by atoms with E-state index in [1.165, 1.54) is 17.0 Å². The summed E-state index contributed by atoms with van der Waals surface area (Å²) < 4.78 is 42.5. The summed E-state index contributed by atoms with van der Waals surface area (Å²) in [6.45, 7) is 1.06. The number of rotatable bonds is 4. The number of nitrogens with one attached hydrogen (secondary N) is 2. The first-order valence-electron chi connectivity index (χ1n) is 7.51. The van der Waals surface area contributed by atoms with Gasteiger partial charge in [0, 0.05) is 6.07 Å². The van der Waals surface area contributed by atoms with Crippen LogP contribution in [0.2, 0.25) is 0 Å². The van der Waals surface area contributed by atoms with Crippen LogP contribution in [0.5, 0.6) is 0 Å². The molecule has 0 atom stereocenters. The molecule has 0 spiro atoms. The Balaban J connectivity index is 0.00000243. The highest BCUT2D eigenvalue weighted by atomic mass is 35.5. The quantitative estimate of drug-likeness (QED) is 0.752. The molecule has 2 aromatic rings. The van der Waals surface area contributed by atoms with E-state index in [1.54, 1.807) is 12.1 Å². The number of alkyl halides is 3. The van der Waals surface area contributed by atoms with Gasteiger partial charge in [-0.2, -0.15) is 13.2 Å². The number of H-pyrrole nitrogens is 1. The first-order chi connectivity index (χ1) is 11.8. The van der Waals surface area contributed by atoms with Crippen molar-refractivity contribution in [3.63, 3.8) is 0 Å². The molecular weight excluding hydrogens is 373 g/mol. The number of anilines is 3. The summed E-state index contributed by atoms with van der Waals surface area (Å²) in [6, 6.07) is 8.27. The van der Waals surface area contributed by atoms with E-state index >= 15 is 0 Å². The third-order valence-corrected chi connectivity index (χ3v) is 3.77. The molecule has 1 aliphatic rings. The zero-order valence-electron chi connectivity index (χ0n) is 13.4. The molecule has 1 saturated heterocycles. The lowest BCUT2D eigenvalue weighted by Crippen LogP contribution is -3.00. The second-order valence-corrected chi connectivity index (χ2v) is 5.49. The minimum absolute atomic E-state index is 0. The minimum atomic E-state index is -4.35. The average molecular weight is 389 g/mol. The molecule has 0 unspecified atom stereocenters. The van der Waals surface area contributed by atoms with Crippen molar-refractivity contribution < 1.29 is 40.1 Å². The molecule has 1 aromatic heterocycles. The molecule has 0 aliphatic carbocycles. The van der Waals surface area contributed by atoms with E-state index in [4.69, 9.17) is 10.5 Å². The van der Waals surface area contributed by atoms with E-state index in [0.717, 1.165) is 12.1 Å². The summed E-state index contributed by atoms with van der Waals surface area (Å²) in [5.74, 6) is 0.866. The zero-order chi connectivity index (χ0) is 18.0. The van der Waals surface area contributed by atoms with Crippen LogP contribution in [-0.4, -0.2) is 19.2 Å². The number of aromatic amines is 1. The number of amides is 1. The van der Waals surface area contributed by atoms with Crippen LogP contribution in [0.4, 0.5) is 35.3 Å². The number of cyclic esters (lactones) is 1. The lowest BCUT2D eigenvalue weighted by molar-refractivity contribution is -0.342. The fraction of sp³-hybridized carbons (Fsp3) is 0.250. The maximum Gasteiger partial charge on any atom is 0.416 e. The number of carbonyl (C=O) groups is 1. The van der Waals surface area contributed by atoms with Gasteiger partial charge in [-0.3, -0.25) is 4.90 Å². The number of halogens is 4. The van der Waals surface area contributed by atoms with Gasteiger partial charge >= 0.3 is 12.3 Å². The molecule has 26 heavy (non-hydrogen) atoms. The van der Waals surface area contributed by atoms with Crippen molar-refractivity contribution in [2.75, 3.05) is 29.1 Å². The van der Waals surface area contributed by atoms with Crippen LogP contribution in [0, 0.1) is 0 Å². The molecule has 4 N–H and O–H groups in total. The molecule has 2 heterocycles. The molecule has 3 rings (SSSR count). The SMILES string of the molecule is Nc1[nH+]c(NCc2ccc(C(F)(F)F)cc2)ccc1N1CCOC1=O.[Cl-]. The second-order valence-electron chi connectivity index (χ2n) is 5.49. The number of nitrogens with zero attached hydrogens (tertiary/aromatic N) is 1. The van der Waals surface area contributed by atoms with Gasteiger partial charge < -0.3 is 28.2 Å². The number of pyridine rings is 1. The maximum atomic E-state index is 12.5. The molecule has 1 fully saturated rings. The van der Waals surface area contributed by atoms with Crippen LogP contribution in [0.1, 0.15) is 11.1 Å². The Morgan fingerprint density at radius 3 is 2.42 bits per heavy atom. The second kappa shape index (κ2) is 7.69. The normalized spacial score (nSPS) is 14.0. The summed E-state index contributed by atoms with van der Waals surface area (Å²) in [6.07, 6.45) is -4.80. The highest BCUT2D eigenvalue weighted by Gasteiger charge is 2.30. The van der Waals surface area contributed by atoms with Crippen LogP contribution in [-0.2, 0) is 17.5 Å². The molecule has 140 valence electrons. The average Bonchev–Trinajstić information content (AvgIpc) is 2.98. The molecule has 0 radical (unpaired) electrons. The first-order valence-corrected chi connectivity index (χ1v) is 7.51. The monoisotopic (exact) mass is 388 g/mol. The van der Waals surface area contributed by atoms with Gasteiger partial charge in [0.2, 0.25) is 11.6 Å². The fourth-order valence-electron chi connectivity index (χ4n) is 2.46. The number of aromatic nitrogens is 1. The van der Waals surface area contributed by atoms with Crippen LogP contribution >= 0.6 is 0 Å². The highest BCUT2D eigenvalue weighted by Crippen LogP contribution is 2.29. The van der Waals surface area contributed by atoms with Crippen molar-refractivity contribution >= 4 is 23.4 Å². The van der Waals surface area contributed by atoms with Crippen LogP contribution < -0.4 is 33.3 Å². The summed E-state index contributed by atoms with van der Waals surface area (Å²) >= 11 is 0. The zero-order valence-corrected chi connectivity index (χ0v) is 14.2. The summed E-state index contributed by atoms with van der Waals surface area (Å²) in [7, 11) is 0. The topological polar surface area (TPSA) is 81.7 Å². The Kier molecular flexibility index (Phi) is 5.81. The predicted octanol–water partition coefficient (Wildman–Crippen LogP) is -0.326. The summed E-state index contributed by atoms with van der Waals surface area (Å²) in [5.41, 5.74) is 6.45. The van der Waals surface area contributed by atoms with Crippen molar-refractivity contribution in [2.45, 2.75) is 12.7 Å². The number of ether oxygens (including phenoxy) is 1. The molecule has 1 aliphatic heterocycles. The Morgan fingerprint density at radius 1 is 1.19 bits per heavy atom. The predicted molar refractivity (Wildman–Crippen MR) is 84.9 cm³/mol. The minimum Gasteiger partial charge on any atom is -1.00 e. The van der Waals surface area contributed by atoms with Gasteiger partial charge in [0.15, 0.2) is 0 Å². The maximum absolute atomic E-state index is 12.5. The van der Waals surface area contributed by atoms with E-state index in [2.05, 4.69) is 10.3 Å². The standard InChI is InChI=1S/C16H15F3N4O2.ClH/c17-16(18,19)11-3-1-10(2-4-11)9-21-13-6-5-12(14(20)22-13)23-7-8-25-15(23)24;/h1-6H,7-9H2,(H3,20,21,22);1H. The largest absolute Gasteiger partial charge is 1.00 e. The van der Waals surface area contributed by atoms with Gasteiger partial charge in [0.05, 0.1) is 18.7 Å². The smallest absolute Gasteiger partial charge is 0.416 e. The Morgan fingerprint density at radius 2 is 1.88 bits per heavy atom. The van der Waals surface area contributed by atoms with Gasteiger partial charge in [-0.1, -0.05) is 12.1 Å². The number of nitrogen functional groups attached to an aromatic ring is 1. The van der Waals surface area contributed by atoms with Gasteiger partial charge in [-0.15, -0.1) is 0 Å². The Bertz CT molecular complexity index is 784. The summed E-state index contributed by atoms with van der Waals surface area (Å²) in [4.78, 5) is 15.9. The van der Waals surface area contributed by atoms with E-state index in [1.807, 2.05) is 0 Å². The third-order valence-electron chi connectivity index (χ3n) is 3.77. The van der Waals surface area contributed by atoms with Crippen molar-refractivity contribution in [3.8, 4) is 0 Å². The van der Waals surface area contributed by atoms with Gasteiger partial charge in [-0.05, 0) is 23.8 Å². The number of hydrogen-bond donors (Lipinski definition) is 2. The highest BCUT2D eigenvalue weighted by molar-refractivity contribution is 5.91. The lowest BCUT2D eigenvalue weighted by Gasteiger charge is -2.13. The van der Waals surface area contributed by atoms with Crippen LogP contribution in [0.15, 0.2) is 36.4 Å². The fourth-order valence-corrected chi connectivity index (χ4v) is 2.46. The van der Waals surface area contributed by atoms with Crippen molar-refractivity contribution in [1.29, 1.82) is 0 Å². The molecular formula is C16H16ClF3N4O2. The van der Waals surface area contributed by atoms with Crippen molar-refractivity contribution in [1.82, 2.24) is 0 Å². The lowest BCUT2D eigenvalue weighted by atomic mass is 10.1. The van der Waals surface area contributed by atoms with Gasteiger partial charge in [-0.25, -0.2) is 9.78 Å². The molecule has 10 heteroatoms. The van der Waals surface area contributed by atoms with Crippen LogP contribution in [0.25, 0.3) is 0 Å². The number of nitrogens with two attached hydrogens (primary N) is 1. The first kappa shape index (κ1) is 19.6. The Hall–Kier alpha value is -2.68. The number of carbonyl (C=O) groups excluding carboxylic acids is 1. The molecule has 6 nitrogen and oxygen atoms in total. The van der Waals surface area contributed by atoms with Crippen LogP contribution in [0.3, 0.4) is 0 Å². The van der Waals surface area contributed by atoms with Gasteiger partial charge in [0.1, 0.15) is 12.3 Å². The Labute approximate surface area is 153 Å². The van der Waals surface area contributed by atoms with Crippen molar-refractivity contribution in [2.24, 2.45) is 0 Å². The van der Waals surface area contributed by atoms with E-state index < -0.39 is 17.8 Å². The summed E-state index contributed by atoms with van der Waals surface area (Å²) in [5, 5.41) is 3.04. The van der Waals surface area contributed by atoms with Gasteiger partial charge in [0.25, 0.3) is 0 Å². The molecule has 0 saturated carbocycles. The third kappa shape index (κ3) is 4.29. The van der Waals surface area contributed by atoms with E-state index in [0.29, 0.717) is 36.8 Å². The molecule has 0 bridgehead atoms.